The highest BCUT2D eigenvalue weighted by Gasteiger charge is 2.31. The zero-order valence-corrected chi connectivity index (χ0v) is 14.9. The summed E-state index contributed by atoms with van der Waals surface area (Å²) >= 11 is 0. The Hall–Kier alpha value is -3.02. The molecular formula is C20H22N2O4. The molecule has 1 heterocycles. The predicted octanol–water partition coefficient (Wildman–Crippen LogP) is 2.63. The van der Waals surface area contributed by atoms with Gasteiger partial charge in [0, 0.05) is 24.2 Å². The van der Waals surface area contributed by atoms with Crippen LogP contribution in [0.5, 0.6) is 11.5 Å². The second-order valence-electron chi connectivity index (χ2n) is 6.03. The first-order valence-corrected chi connectivity index (χ1v) is 8.59. The van der Waals surface area contributed by atoms with E-state index in [0.29, 0.717) is 24.5 Å². The average Bonchev–Trinajstić information content (AvgIpc) is 3.03. The summed E-state index contributed by atoms with van der Waals surface area (Å²) in [5.74, 6) is 1.26. The van der Waals surface area contributed by atoms with E-state index in [4.69, 9.17) is 9.47 Å². The molecule has 1 aliphatic rings. The molecule has 2 amide bonds. The maximum atomic E-state index is 12.4. The number of hydrogen-bond acceptors (Lipinski definition) is 4. The Morgan fingerprint density at radius 3 is 2.38 bits per heavy atom. The lowest BCUT2D eigenvalue weighted by Crippen LogP contribution is -2.37. The van der Waals surface area contributed by atoms with E-state index in [1.807, 2.05) is 31.2 Å². The molecule has 0 unspecified atom stereocenters. The zero-order valence-electron chi connectivity index (χ0n) is 14.9. The van der Waals surface area contributed by atoms with Gasteiger partial charge in [-0.15, -0.1) is 0 Å². The van der Waals surface area contributed by atoms with Gasteiger partial charge in [-0.25, -0.2) is 0 Å². The van der Waals surface area contributed by atoms with Crippen LogP contribution in [0.1, 0.15) is 23.7 Å². The Bertz CT molecular complexity index is 771. The first kappa shape index (κ1) is 17.8. The number of anilines is 1. The average molecular weight is 354 g/mol. The van der Waals surface area contributed by atoms with Crippen molar-refractivity contribution in [3.63, 3.8) is 0 Å². The Kier molecular flexibility index (Phi) is 5.41. The van der Waals surface area contributed by atoms with Gasteiger partial charge in [0.25, 0.3) is 5.91 Å². The van der Waals surface area contributed by atoms with Crippen LogP contribution >= 0.6 is 0 Å². The van der Waals surface area contributed by atoms with E-state index < -0.39 is 0 Å². The van der Waals surface area contributed by atoms with Crippen molar-refractivity contribution >= 4 is 17.5 Å². The first-order chi connectivity index (χ1) is 12.6. The van der Waals surface area contributed by atoms with Crippen molar-refractivity contribution < 1.29 is 19.1 Å². The van der Waals surface area contributed by atoms with Crippen LogP contribution < -0.4 is 19.7 Å². The summed E-state index contributed by atoms with van der Waals surface area (Å²) in [7, 11) is 1.58. The van der Waals surface area contributed by atoms with Crippen molar-refractivity contribution in [3.8, 4) is 11.5 Å². The smallest absolute Gasteiger partial charge is 0.251 e. The minimum atomic E-state index is -0.219. The van der Waals surface area contributed by atoms with Gasteiger partial charge in [0.15, 0.2) is 0 Å². The highest BCUT2D eigenvalue weighted by Crippen LogP contribution is 2.24. The number of carbonyl (C=O) groups excluding carboxylic acids is 2. The van der Waals surface area contributed by atoms with E-state index in [1.165, 1.54) is 0 Å². The molecule has 1 N–H and O–H groups in total. The molecule has 3 rings (SSSR count). The molecule has 0 aliphatic carbocycles. The maximum Gasteiger partial charge on any atom is 0.251 e. The molecule has 6 heteroatoms. The van der Waals surface area contributed by atoms with Gasteiger partial charge >= 0.3 is 0 Å². The van der Waals surface area contributed by atoms with Crippen LogP contribution in [0.2, 0.25) is 0 Å². The summed E-state index contributed by atoms with van der Waals surface area (Å²) in [4.78, 5) is 26.4. The van der Waals surface area contributed by atoms with Crippen LogP contribution in [0, 0.1) is 0 Å². The molecule has 0 aromatic heterocycles. The van der Waals surface area contributed by atoms with E-state index in [1.54, 1.807) is 36.3 Å². The molecular weight excluding hydrogens is 332 g/mol. The van der Waals surface area contributed by atoms with Crippen LogP contribution in [0.3, 0.4) is 0 Å². The summed E-state index contributed by atoms with van der Waals surface area (Å²) in [6, 6.07) is 14.1. The second-order valence-corrected chi connectivity index (χ2v) is 6.03. The van der Waals surface area contributed by atoms with Crippen molar-refractivity contribution in [1.82, 2.24) is 5.32 Å². The fourth-order valence-electron chi connectivity index (χ4n) is 2.95. The molecule has 136 valence electrons. The molecule has 1 atom stereocenters. The van der Waals surface area contributed by atoms with Crippen LogP contribution in [0.25, 0.3) is 0 Å². The van der Waals surface area contributed by atoms with Gasteiger partial charge in [-0.2, -0.15) is 0 Å². The number of amides is 2. The van der Waals surface area contributed by atoms with Crippen molar-refractivity contribution in [2.75, 3.05) is 25.2 Å². The standard InChI is InChI=1S/C20H22N2O4/c1-3-26-18-10-6-16(7-11-18)22-13-15(12-19(22)23)21-20(24)14-4-8-17(25-2)9-5-14/h4-11,15H,3,12-13H2,1-2H3,(H,21,24)/t15-/m1/s1. The van der Waals surface area contributed by atoms with Gasteiger partial charge in [0.1, 0.15) is 11.5 Å². The van der Waals surface area contributed by atoms with E-state index in [2.05, 4.69) is 5.32 Å². The van der Waals surface area contributed by atoms with Gasteiger partial charge < -0.3 is 19.7 Å². The topological polar surface area (TPSA) is 67.9 Å². The number of ether oxygens (including phenoxy) is 2. The SMILES string of the molecule is CCOc1ccc(N2C[C@H](NC(=O)c3ccc(OC)cc3)CC2=O)cc1. The van der Waals surface area contributed by atoms with E-state index in [9.17, 15) is 9.59 Å². The zero-order chi connectivity index (χ0) is 18.5. The molecule has 2 aromatic rings. The minimum absolute atomic E-state index is 0.00538. The predicted molar refractivity (Wildman–Crippen MR) is 98.8 cm³/mol. The van der Waals surface area contributed by atoms with Crippen molar-refractivity contribution in [2.24, 2.45) is 0 Å². The molecule has 26 heavy (non-hydrogen) atoms. The van der Waals surface area contributed by atoms with E-state index in [-0.39, 0.29) is 24.3 Å². The molecule has 0 radical (unpaired) electrons. The lowest BCUT2D eigenvalue weighted by molar-refractivity contribution is -0.117. The Balaban J connectivity index is 1.62. The van der Waals surface area contributed by atoms with Crippen LogP contribution in [0.15, 0.2) is 48.5 Å². The van der Waals surface area contributed by atoms with Crippen molar-refractivity contribution in [2.45, 2.75) is 19.4 Å². The second kappa shape index (κ2) is 7.91. The monoisotopic (exact) mass is 354 g/mol. The molecule has 0 bridgehead atoms. The maximum absolute atomic E-state index is 12.4. The summed E-state index contributed by atoms with van der Waals surface area (Å²) in [6.45, 7) is 2.98. The lowest BCUT2D eigenvalue weighted by Gasteiger charge is -2.18. The van der Waals surface area contributed by atoms with Crippen molar-refractivity contribution in [3.05, 3.63) is 54.1 Å². The summed E-state index contributed by atoms with van der Waals surface area (Å²) in [5, 5.41) is 2.93. The highest BCUT2D eigenvalue weighted by molar-refractivity contribution is 5.99. The van der Waals surface area contributed by atoms with Crippen LogP contribution in [-0.2, 0) is 4.79 Å². The van der Waals surface area contributed by atoms with E-state index in [0.717, 1.165) is 11.4 Å². The fourth-order valence-corrected chi connectivity index (χ4v) is 2.95. The molecule has 0 spiro atoms. The number of carbonyl (C=O) groups is 2. The minimum Gasteiger partial charge on any atom is -0.497 e. The lowest BCUT2D eigenvalue weighted by atomic mass is 10.2. The first-order valence-electron chi connectivity index (χ1n) is 8.59. The Morgan fingerprint density at radius 1 is 1.12 bits per heavy atom. The number of hydrogen-bond donors (Lipinski definition) is 1. The summed E-state index contributed by atoms with van der Waals surface area (Å²) in [6.07, 6.45) is 0.287. The molecule has 1 aliphatic heterocycles. The normalized spacial score (nSPS) is 16.5. The van der Waals surface area contributed by atoms with E-state index >= 15 is 0 Å². The van der Waals surface area contributed by atoms with Crippen LogP contribution in [-0.4, -0.2) is 38.1 Å². The molecule has 1 saturated heterocycles. The Morgan fingerprint density at radius 2 is 1.77 bits per heavy atom. The van der Waals surface area contributed by atoms with Gasteiger partial charge in [-0.3, -0.25) is 9.59 Å². The quantitative estimate of drug-likeness (QED) is 0.866. The van der Waals surface area contributed by atoms with Gasteiger partial charge in [-0.1, -0.05) is 0 Å². The number of benzene rings is 2. The van der Waals surface area contributed by atoms with Crippen LogP contribution in [0.4, 0.5) is 5.69 Å². The fraction of sp³-hybridized carbons (Fsp3) is 0.300. The number of rotatable bonds is 6. The third-order valence-corrected chi connectivity index (χ3v) is 4.27. The third-order valence-electron chi connectivity index (χ3n) is 4.27. The molecule has 1 fully saturated rings. The highest BCUT2D eigenvalue weighted by atomic mass is 16.5. The van der Waals surface area contributed by atoms with Gasteiger partial charge in [0.2, 0.25) is 5.91 Å². The van der Waals surface area contributed by atoms with Crippen molar-refractivity contribution in [1.29, 1.82) is 0 Å². The molecule has 6 nitrogen and oxygen atoms in total. The number of nitrogens with zero attached hydrogens (tertiary/aromatic N) is 1. The summed E-state index contributed by atoms with van der Waals surface area (Å²) < 4.78 is 10.5. The third kappa shape index (κ3) is 3.96. The number of methoxy groups -OCH3 is 1. The summed E-state index contributed by atoms with van der Waals surface area (Å²) in [5.41, 5.74) is 1.34. The van der Waals surface area contributed by atoms with Gasteiger partial charge in [-0.05, 0) is 55.5 Å². The molecule has 0 saturated carbocycles. The largest absolute Gasteiger partial charge is 0.497 e. The molecule has 2 aromatic carbocycles. The number of nitrogens with one attached hydrogen (secondary N) is 1. The van der Waals surface area contributed by atoms with Gasteiger partial charge in [0.05, 0.1) is 19.8 Å². The Labute approximate surface area is 152 Å².